The van der Waals surface area contributed by atoms with Crippen molar-refractivity contribution in [1.82, 2.24) is 4.98 Å². The van der Waals surface area contributed by atoms with E-state index in [0.717, 1.165) is 10.9 Å². The fourth-order valence-corrected chi connectivity index (χ4v) is 1.72. The van der Waals surface area contributed by atoms with E-state index in [9.17, 15) is 4.79 Å². The number of nitrogens with zero attached hydrogens (tertiary/aromatic N) is 1. The van der Waals surface area contributed by atoms with Crippen LogP contribution in [0, 0.1) is 0 Å². The van der Waals surface area contributed by atoms with Gasteiger partial charge in [-0.15, -0.1) is 0 Å². The molecule has 0 amide bonds. The van der Waals surface area contributed by atoms with Crippen molar-refractivity contribution in [2.24, 2.45) is 0 Å². The third kappa shape index (κ3) is 2.99. The van der Waals surface area contributed by atoms with Crippen LogP contribution in [0.15, 0.2) is 30.3 Å². The van der Waals surface area contributed by atoms with Gasteiger partial charge in [0.25, 0.3) is 0 Å². The first-order valence-electron chi connectivity index (χ1n) is 5.65. The molecule has 0 unspecified atom stereocenters. The third-order valence-corrected chi connectivity index (χ3v) is 2.49. The number of carbonyl (C=O) groups excluding carboxylic acids is 1. The van der Waals surface area contributed by atoms with Gasteiger partial charge in [0, 0.05) is 10.4 Å². The molecule has 1 aromatic carbocycles. The molecule has 1 aromatic heterocycles. The summed E-state index contributed by atoms with van der Waals surface area (Å²) in [5, 5.41) is 1.55. The highest BCUT2D eigenvalue weighted by Gasteiger charge is 2.18. The van der Waals surface area contributed by atoms with Crippen LogP contribution in [0.25, 0.3) is 10.9 Å². The van der Waals surface area contributed by atoms with Crippen molar-refractivity contribution in [3.05, 3.63) is 41.0 Å². The zero-order valence-corrected chi connectivity index (χ0v) is 11.3. The van der Waals surface area contributed by atoms with Crippen molar-refractivity contribution in [3.8, 4) is 0 Å². The predicted octanol–water partition coefficient (Wildman–Crippen LogP) is 3.84. The number of halogens is 1. The van der Waals surface area contributed by atoms with Crippen molar-refractivity contribution in [3.63, 3.8) is 0 Å². The van der Waals surface area contributed by atoms with Crippen molar-refractivity contribution in [2.75, 3.05) is 0 Å². The predicted molar refractivity (Wildman–Crippen MR) is 71.9 cm³/mol. The zero-order valence-electron chi connectivity index (χ0n) is 10.5. The lowest BCUT2D eigenvalue weighted by atomic mass is 10.2. The van der Waals surface area contributed by atoms with Crippen LogP contribution >= 0.6 is 11.6 Å². The van der Waals surface area contributed by atoms with Gasteiger partial charge in [-0.2, -0.15) is 0 Å². The first-order chi connectivity index (χ1) is 8.35. The number of aromatic nitrogens is 1. The highest BCUT2D eigenvalue weighted by molar-refractivity contribution is 6.31. The number of fused-ring (bicyclic) bond motifs is 1. The number of hydrogen-bond donors (Lipinski definition) is 0. The normalized spacial score (nSPS) is 11.6. The zero-order chi connectivity index (χ0) is 13.3. The van der Waals surface area contributed by atoms with E-state index in [2.05, 4.69) is 4.98 Å². The number of pyridine rings is 1. The van der Waals surface area contributed by atoms with Crippen LogP contribution in [-0.2, 0) is 4.74 Å². The Morgan fingerprint density at radius 3 is 2.61 bits per heavy atom. The molecule has 0 saturated carbocycles. The quantitative estimate of drug-likeness (QED) is 0.734. The van der Waals surface area contributed by atoms with Crippen molar-refractivity contribution in [1.29, 1.82) is 0 Å². The van der Waals surface area contributed by atoms with Gasteiger partial charge in [-0.25, -0.2) is 9.78 Å². The summed E-state index contributed by atoms with van der Waals surface area (Å²) in [6, 6.07) is 8.80. The van der Waals surface area contributed by atoms with Gasteiger partial charge in [0.05, 0.1) is 5.52 Å². The molecular weight excluding hydrogens is 250 g/mol. The van der Waals surface area contributed by atoms with Crippen LogP contribution in [-0.4, -0.2) is 16.6 Å². The molecule has 0 bridgehead atoms. The summed E-state index contributed by atoms with van der Waals surface area (Å²) in [5.74, 6) is -0.417. The maximum atomic E-state index is 11.9. The molecule has 2 rings (SSSR count). The molecule has 94 valence electrons. The van der Waals surface area contributed by atoms with Crippen LogP contribution in [0.1, 0.15) is 31.3 Å². The summed E-state index contributed by atoms with van der Waals surface area (Å²) in [7, 11) is 0. The Balaban J connectivity index is 2.36. The summed E-state index contributed by atoms with van der Waals surface area (Å²) in [6.45, 7) is 5.48. The highest BCUT2D eigenvalue weighted by atomic mass is 35.5. The molecule has 0 saturated heterocycles. The molecule has 0 N–H and O–H groups in total. The fourth-order valence-electron chi connectivity index (χ4n) is 1.54. The Morgan fingerprint density at radius 2 is 1.94 bits per heavy atom. The van der Waals surface area contributed by atoms with E-state index in [-0.39, 0.29) is 0 Å². The van der Waals surface area contributed by atoms with E-state index in [1.807, 2.05) is 32.9 Å². The lowest BCUT2D eigenvalue weighted by molar-refractivity contribution is 0.00633. The molecule has 1 heterocycles. The number of rotatable bonds is 1. The van der Waals surface area contributed by atoms with Gasteiger partial charge in [-0.3, -0.25) is 0 Å². The Bertz CT molecular complexity index is 602. The molecule has 2 aromatic rings. The number of ether oxygens (including phenoxy) is 1. The molecule has 3 nitrogen and oxygen atoms in total. The second-order valence-electron chi connectivity index (χ2n) is 5.04. The van der Waals surface area contributed by atoms with Gasteiger partial charge in [0.15, 0.2) is 0 Å². The van der Waals surface area contributed by atoms with Crippen molar-refractivity contribution >= 4 is 28.5 Å². The second-order valence-corrected chi connectivity index (χ2v) is 5.47. The van der Waals surface area contributed by atoms with Crippen LogP contribution in [0.5, 0.6) is 0 Å². The minimum absolute atomic E-state index is 0.305. The van der Waals surface area contributed by atoms with E-state index in [1.165, 1.54) is 0 Å². The topological polar surface area (TPSA) is 39.2 Å². The molecule has 0 radical (unpaired) electrons. The Kier molecular flexibility index (Phi) is 3.26. The molecule has 0 spiro atoms. The fraction of sp³-hybridized carbons (Fsp3) is 0.286. The molecule has 4 heteroatoms. The summed E-state index contributed by atoms with van der Waals surface area (Å²) < 4.78 is 5.27. The van der Waals surface area contributed by atoms with Gasteiger partial charge in [0.1, 0.15) is 11.3 Å². The van der Waals surface area contributed by atoms with Crippen molar-refractivity contribution < 1.29 is 9.53 Å². The smallest absolute Gasteiger partial charge is 0.357 e. The van der Waals surface area contributed by atoms with E-state index < -0.39 is 11.6 Å². The summed E-state index contributed by atoms with van der Waals surface area (Å²) in [5.41, 5.74) is 0.510. The van der Waals surface area contributed by atoms with Crippen LogP contribution < -0.4 is 0 Å². The molecule has 0 aliphatic carbocycles. The molecule has 0 aliphatic rings. The Labute approximate surface area is 111 Å². The average Bonchev–Trinajstić information content (AvgIpc) is 2.26. The van der Waals surface area contributed by atoms with E-state index in [1.54, 1.807) is 18.2 Å². The molecule has 0 fully saturated rings. The summed E-state index contributed by atoms with van der Waals surface area (Å²) >= 11 is 5.89. The van der Waals surface area contributed by atoms with Gasteiger partial charge >= 0.3 is 5.97 Å². The van der Waals surface area contributed by atoms with Crippen LogP contribution in [0.4, 0.5) is 0 Å². The first kappa shape index (κ1) is 12.8. The van der Waals surface area contributed by atoms with Crippen LogP contribution in [0.2, 0.25) is 5.02 Å². The van der Waals surface area contributed by atoms with Crippen LogP contribution in [0.3, 0.4) is 0 Å². The standard InChI is InChI=1S/C14H14ClNO2/c1-14(2,3)18-13(17)12-6-4-9-8-10(15)5-7-11(9)16-12/h4-8H,1-3H3. The lowest BCUT2D eigenvalue weighted by Crippen LogP contribution is -2.24. The van der Waals surface area contributed by atoms with Gasteiger partial charge in [0.2, 0.25) is 0 Å². The summed E-state index contributed by atoms with van der Waals surface area (Å²) in [4.78, 5) is 16.1. The second kappa shape index (κ2) is 4.58. The number of benzene rings is 1. The van der Waals surface area contributed by atoms with Crippen molar-refractivity contribution in [2.45, 2.75) is 26.4 Å². The highest BCUT2D eigenvalue weighted by Crippen LogP contribution is 2.19. The molecule has 0 atom stereocenters. The Hall–Kier alpha value is -1.61. The lowest BCUT2D eigenvalue weighted by Gasteiger charge is -2.19. The monoisotopic (exact) mass is 263 g/mol. The number of esters is 1. The van der Waals surface area contributed by atoms with Gasteiger partial charge < -0.3 is 4.74 Å². The number of carbonyl (C=O) groups is 1. The third-order valence-electron chi connectivity index (χ3n) is 2.26. The molecular formula is C14H14ClNO2. The average molecular weight is 264 g/mol. The van der Waals surface area contributed by atoms with Gasteiger partial charge in [-0.05, 0) is 45.0 Å². The Morgan fingerprint density at radius 1 is 1.22 bits per heavy atom. The van der Waals surface area contributed by atoms with E-state index >= 15 is 0 Å². The molecule has 0 aliphatic heterocycles. The SMILES string of the molecule is CC(C)(C)OC(=O)c1ccc2cc(Cl)ccc2n1. The van der Waals surface area contributed by atoms with Gasteiger partial charge in [-0.1, -0.05) is 17.7 Å². The molecule has 18 heavy (non-hydrogen) atoms. The largest absolute Gasteiger partial charge is 0.455 e. The minimum Gasteiger partial charge on any atom is -0.455 e. The minimum atomic E-state index is -0.520. The first-order valence-corrected chi connectivity index (χ1v) is 6.03. The van der Waals surface area contributed by atoms with E-state index in [0.29, 0.717) is 10.7 Å². The summed E-state index contributed by atoms with van der Waals surface area (Å²) in [6.07, 6.45) is 0. The maximum absolute atomic E-state index is 11.9. The maximum Gasteiger partial charge on any atom is 0.357 e. The number of hydrogen-bond acceptors (Lipinski definition) is 3. The van der Waals surface area contributed by atoms with E-state index in [4.69, 9.17) is 16.3 Å².